The minimum absolute atomic E-state index is 0.112. The first-order valence-electron chi connectivity index (χ1n) is 7.47. The van der Waals surface area contributed by atoms with Gasteiger partial charge in [0.2, 0.25) is 10.0 Å². The van der Waals surface area contributed by atoms with E-state index < -0.39 is 10.0 Å². The molecule has 6 heteroatoms. The van der Waals surface area contributed by atoms with E-state index in [1.807, 2.05) is 0 Å². The Balaban J connectivity index is 1.93. The van der Waals surface area contributed by atoms with Crippen LogP contribution in [-0.4, -0.2) is 55.4 Å². The van der Waals surface area contributed by atoms with Gasteiger partial charge in [0.1, 0.15) is 0 Å². The van der Waals surface area contributed by atoms with Gasteiger partial charge in [0.25, 0.3) is 0 Å². The highest BCUT2D eigenvalue weighted by Gasteiger charge is 2.35. The van der Waals surface area contributed by atoms with Crippen LogP contribution in [0.2, 0.25) is 0 Å². The molecule has 2 fully saturated rings. The van der Waals surface area contributed by atoms with Crippen molar-refractivity contribution < 1.29 is 13.5 Å². The largest absolute Gasteiger partial charge is 0.396 e. The van der Waals surface area contributed by atoms with Crippen molar-refractivity contribution in [2.75, 3.05) is 25.4 Å². The summed E-state index contributed by atoms with van der Waals surface area (Å²) in [6.07, 6.45) is 6.62. The second-order valence-electron chi connectivity index (χ2n) is 5.70. The SMILES string of the molecule is O=S(=O)(CC1CCCCN1)N1CCCC1CCCO. The topological polar surface area (TPSA) is 69.6 Å². The van der Waals surface area contributed by atoms with Gasteiger partial charge >= 0.3 is 0 Å². The Morgan fingerprint density at radius 1 is 1.21 bits per heavy atom. The van der Waals surface area contributed by atoms with E-state index in [-0.39, 0.29) is 24.4 Å². The first-order chi connectivity index (χ1) is 9.13. The molecule has 2 aliphatic rings. The molecular formula is C13H26N2O3S. The lowest BCUT2D eigenvalue weighted by molar-refractivity contribution is 0.263. The van der Waals surface area contributed by atoms with Gasteiger partial charge in [0.15, 0.2) is 0 Å². The van der Waals surface area contributed by atoms with E-state index in [0.29, 0.717) is 13.0 Å². The molecule has 2 atom stereocenters. The fourth-order valence-electron chi connectivity index (χ4n) is 3.21. The van der Waals surface area contributed by atoms with Gasteiger partial charge in [0.05, 0.1) is 5.75 Å². The van der Waals surface area contributed by atoms with Crippen LogP contribution in [0.4, 0.5) is 0 Å². The van der Waals surface area contributed by atoms with E-state index >= 15 is 0 Å². The third-order valence-corrected chi connectivity index (χ3v) is 6.22. The van der Waals surface area contributed by atoms with E-state index in [0.717, 1.165) is 45.1 Å². The smallest absolute Gasteiger partial charge is 0.215 e. The number of nitrogens with zero attached hydrogens (tertiary/aromatic N) is 1. The maximum Gasteiger partial charge on any atom is 0.215 e. The number of hydrogen-bond donors (Lipinski definition) is 2. The van der Waals surface area contributed by atoms with E-state index in [2.05, 4.69) is 5.32 Å². The van der Waals surface area contributed by atoms with Crippen LogP contribution in [0.25, 0.3) is 0 Å². The highest BCUT2D eigenvalue weighted by atomic mass is 32.2. The molecule has 19 heavy (non-hydrogen) atoms. The summed E-state index contributed by atoms with van der Waals surface area (Å²) in [5.74, 6) is 0.239. The Bertz CT molecular complexity index is 366. The summed E-state index contributed by atoms with van der Waals surface area (Å²) < 4.78 is 26.7. The third kappa shape index (κ3) is 4.15. The summed E-state index contributed by atoms with van der Waals surface area (Å²) in [5, 5.41) is 12.2. The second-order valence-corrected chi connectivity index (χ2v) is 7.66. The Hall–Kier alpha value is -0.170. The highest BCUT2D eigenvalue weighted by molar-refractivity contribution is 7.89. The molecule has 0 radical (unpaired) electrons. The van der Waals surface area contributed by atoms with Gasteiger partial charge in [-0.1, -0.05) is 6.42 Å². The Morgan fingerprint density at radius 3 is 2.74 bits per heavy atom. The number of aliphatic hydroxyl groups is 1. The van der Waals surface area contributed by atoms with Crippen LogP contribution in [0.5, 0.6) is 0 Å². The van der Waals surface area contributed by atoms with Crippen LogP contribution in [0, 0.1) is 0 Å². The summed E-state index contributed by atoms with van der Waals surface area (Å²) >= 11 is 0. The monoisotopic (exact) mass is 290 g/mol. The number of rotatable bonds is 6. The molecule has 2 N–H and O–H groups in total. The summed E-state index contributed by atoms with van der Waals surface area (Å²) in [7, 11) is -3.15. The number of sulfonamides is 1. The van der Waals surface area contributed by atoms with Crippen LogP contribution in [-0.2, 0) is 10.0 Å². The molecule has 2 rings (SSSR count). The highest BCUT2D eigenvalue weighted by Crippen LogP contribution is 2.25. The molecule has 0 bridgehead atoms. The minimum atomic E-state index is -3.15. The number of piperidine rings is 1. The van der Waals surface area contributed by atoms with Crippen LogP contribution in [0.1, 0.15) is 44.9 Å². The first kappa shape index (κ1) is 15.2. The van der Waals surface area contributed by atoms with E-state index in [1.54, 1.807) is 4.31 Å². The number of hydrogen-bond acceptors (Lipinski definition) is 4. The molecule has 5 nitrogen and oxygen atoms in total. The molecule has 0 aromatic rings. The molecule has 2 heterocycles. The zero-order chi connectivity index (χ0) is 13.7. The maximum atomic E-state index is 12.5. The fraction of sp³-hybridized carbons (Fsp3) is 1.00. The Morgan fingerprint density at radius 2 is 2.05 bits per heavy atom. The zero-order valence-corrected chi connectivity index (χ0v) is 12.4. The molecule has 0 aliphatic carbocycles. The molecular weight excluding hydrogens is 264 g/mol. The normalized spacial score (nSPS) is 29.7. The van der Waals surface area contributed by atoms with Crippen molar-refractivity contribution in [2.24, 2.45) is 0 Å². The molecule has 2 unspecified atom stereocenters. The molecule has 0 spiro atoms. The molecule has 0 aromatic heterocycles. The Kier molecular flexibility index (Phi) is 5.62. The van der Waals surface area contributed by atoms with Gasteiger partial charge in [-0.3, -0.25) is 0 Å². The maximum absolute atomic E-state index is 12.5. The van der Waals surface area contributed by atoms with Crippen molar-refractivity contribution >= 4 is 10.0 Å². The first-order valence-corrected chi connectivity index (χ1v) is 9.08. The van der Waals surface area contributed by atoms with Gasteiger partial charge in [-0.2, -0.15) is 4.31 Å². The zero-order valence-electron chi connectivity index (χ0n) is 11.6. The lowest BCUT2D eigenvalue weighted by Gasteiger charge is -2.28. The Labute approximate surface area is 116 Å². The van der Waals surface area contributed by atoms with Gasteiger partial charge in [-0.05, 0) is 45.1 Å². The molecule has 0 aromatic carbocycles. The van der Waals surface area contributed by atoms with Gasteiger partial charge < -0.3 is 10.4 Å². The molecule has 0 saturated carbocycles. The van der Waals surface area contributed by atoms with Crippen molar-refractivity contribution in [1.29, 1.82) is 0 Å². The summed E-state index contributed by atoms with van der Waals surface area (Å²) in [5.41, 5.74) is 0. The predicted octanol–water partition coefficient (Wildman–Crippen LogP) is 0.695. The average Bonchev–Trinajstić information content (AvgIpc) is 2.86. The second kappa shape index (κ2) is 7.02. The third-order valence-electron chi connectivity index (χ3n) is 4.20. The van der Waals surface area contributed by atoms with Crippen LogP contribution >= 0.6 is 0 Å². The van der Waals surface area contributed by atoms with E-state index in [1.165, 1.54) is 0 Å². The van der Waals surface area contributed by atoms with Crippen molar-refractivity contribution in [3.63, 3.8) is 0 Å². The lowest BCUT2D eigenvalue weighted by atomic mass is 10.1. The standard InChI is InChI=1S/C13H26N2O3S/c16-10-4-7-13-6-3-9-15(13)19(17,18)11-12-5-1-2-8-14-12/h12-14,16H,1-11H2. The predicted molar refractivity (Wildman–Crippen MR) is 75.5 cm³/mol. The quantitative estimate of drug-likeness (QED) is 0.755. The summed E-state index contributed by atoms with van der Waals surface area (Å²) in [4.78, 5) is 0. The number of nitrogens with one attached hydrogen (secondary N) is 1. The van der Waals surface area contributed by atoms with Crippen LogP contribution < -0.4 is 5.32 Å². The minimum Gasteiger partial charge on any atom is -0.396 e. The summed E-state index contributed by atoms with van der Waals surface area (Å²) in [6.45, 7) is 1.74. The van der Waals surface area contributed by atoms with E-state index in [4.69, 9.17) is 5.11 Å². The van der Waals surface area contributed by atoms with Crippen molar-refractivity contribution in [2.45, 2.75) is 57.0 Å². The van der Waals surface area contributed by atoms with Crippen molar-refractivity contribution in [3.05, 3.63) is 0 Å². The molecule has 112 valence electrons. The average molecular weight is 290 g/mol. The van der Waals surface area contributed by atoms with Gasteiger partial charge in [0, 0.05) is 25.2 Å². The summed E-state index contributed by atoms with van der Waals surface area (Å²) in [6, 6.07) is 0.235. The lowest BCUT2D eigenvalue weighted by Crippen LogP contribution is -2.45. The van der Waals surface area contributed by atoms with Gasteiger partial charge in [-0.15, -0.1) is 0 Å². The molecule has 2 aliphatic heterocycles. The molecule has 2 saturated heterocycles. The van der Waals surface area contributed by atoms with Gasteiger partial charge in [-0.25, -0.2) is 8.42 Å². The van der Waals surface area contributed by atoms with Crippen molar-refractivity contribution in [3.8, 4) is 0 Å². The van der Waals surface area contributed by atoms with Crippen LogP contribution in [0.15, 0.2) is 0 Å². The van der Waals surface area contributed by atoms with E-state index in [9.17, 15) is 8.42 Å². The fourth-order valence-corrected chi connectivity index (χ4v) is 5.26. The number of aliphatic hydroxyl groups excluding tert-OH is 1. The van der Waals surface area contributed by atoms with Crippen LogP contribution in [0.3, 0.4) is 0 Å². The molecule has 0 amide bonds. The van der Waals surface area contributed by atoms with Crippen molar-refractivity contribution in [1.82, 2.24) is 9.62 Å².